The van der Waals surface area contributed by atoms with Crippen molar-refractivity contribution >= 4 is 61.4 Å². The molecule has 2 N–H and O–H groups in total. The van der Waals surface area contributed by atoms with Crippen molar-refractivity contribution in [3.63, 3.8) is 0 Å². The fourth-order valence-corrected chi connectivity index (χ4v) is 4.17. The van der Waals surface area contributed by atoms with Gasteiger partial charge in [0.1, 0.15) is 9.57 Å². The standard InChI is InChI=1S/C13H14N2O5S4/c1-22-13(21)23-10-5-3-2-4-8(10)6-11(16)14-9-7-15(12(9)17)24(18,19)20/h2-5,9H,6-7H2,1H3,(H,14,16)(H,18,19,20). The minimum atomic E-state index is -4.55. The minimum Gasteiger partial charge on any atom is -0.342 e. The number of thiocarbonyl (C=S) groups is 1. The second-order valence-corrected chi connectivity index (χ2v) is 9.20. The van der Waals surface area contributed by atoms with Gasteiger partial charge in [0.2, 0.25) is 5.91 Å². The third-order valence-electron chi connectivity index (χ3n) is 3.19. The molecule has 11 heteroatoms. The van der Waals surface area contributed by atoms with Gasteiger partial charge in [-0.25, -0.2) is 4.31 Å². The van der Waals surface area contributed by atoms with Crippen LogP contribution in [0.25, 0.3) is 0 Å². The Kier molecular flexibility index (Phi) is 6.26. The maximum Gasteiger partial charge on any atom is 0.362 e. The fraction of sp³-hybridized carbons (Fsp3) is 0.308. The molecule has 24 heavy (non-hydrogen) atoms. The molecule has 0 aromatic heterocycles. The summed E-state index contributed by atoms with van der Waals surface area (Å²) in [6.45, 7) is -0.267. The van der Waals surface area contributed by atoms with E-state index in [0.717, 1.165) is 14.0 Å². The van der Waals surface area contributed by atoms with Crippen molar-refractivity contribution in [1.82, 2.24) is 9.62 Å². The second-order valence-electron chi connectivity index (χ2n) is 4.81. The molecule has 2 amide bonds. The van der Waals surface area contributed by atoms with Crippen LogP contribution >= 0.6 is 35.7 Å². The Balaban J connectivity index is 1.97. The highest BCUT2D eigenvalue weighted by Gasteiger charge is 2.44. The maximum absolute atomic E-state index is 12.1. The zero-order valence-corrected chi connectivity index (χ0v) is 15.7. The molecular formula is C13H14N2O5S4. The number of benzene rings is 1. The van der Waals surface area contributed by atoms with Gasteiger partial charge in [-0.15, -0.1) is 11.8 Å². The summed E-state index contributed by atoms with van der Waals surface area (Å²) >= 11 is 7.98. The molecule has 1 aromatic carbocycles. The van der Waals surface area contributed by atoms with E-state index in [2.05, 4.69) is 5.32 Å². The van der Waals surface area contributed by atoms with Crippen molar-refractivity contribution in [2.75, 3.05) is 12.8 Å². The lowest BCUT2D eigenvalue weighted by Crippen LogP contribution is -2.65. The van der Waals surface area contributed by atoms with E-state index in [1.54, 1.807) is 12.1 Å². The zero-order valence-electron chi connectivity index (χ0n) is 12.5. The summed E-state index contributed by atoms with van der Waals surface area (Å²) in [6.07, 6.45) is 1.91. The first-order chi connectivity index (χ1) is 11.2. The van der Waals surface area contributed by atoms with Crippen molar-refractivity contribution in [3.05, 3.63) is 29.8 Å². The molecule has 1 aliphatic rings. The average molecular weight is 407 g/mol. The largest absolute Gasteiger partial charge is 0.362 e. The molecule has 0 saturated carbocycles. The summed E-state index contributed by atoms with van der Waals surface area (Å²) in [5.74, 6) is -1.26. The van der Waals surface area contributed by atoms with Gasteiger partial charge in [0.15, 0.2) is 0 Å². The van der Waals surface area contributed by atoms with Crippen LogP contribution in [0.3, 0.4) is 0 Å². The lowest BCUT2D eigenvalue weighted by atomic mass is 10.1. The Labute approximate surface area is 153 Å². The van der Waals surface area contributed by atoms with E-state index in [-0.39, 0.29) is 13.0 Å². The highest BCUT2D eigenvalue weighted by atomic mass is 32.2. The molecule has 0 bridgehead atoms. The van der Waals surface area contributed by atoms with Gasteiger partial charge < -0.3 is 5.32 Å². The Morgan fingerprint density at radius 1 is 1.46 bits per heavy atom. The molecule has 1 unspecified atom stereocenters. The molecule has 0 aliphatic carbocycles. The van der Waals surface area contributed by atoms with Crippen molar-refractivity contribution in [1.29, 1.82) is 0 Å². The van der Waals surface area contributed by atoms with E-state index in [4.69, 9.17) is 16.8 Å². The molecule has 1 saturated heterocycles. The topological polar surface area (TPSA) is 104 Å². The molecule has 0 radical (unpaired) electrons. The van der Waals surface area contributed by atoms with Crippen LogP contribution in [-0.4, -0.2) is 51.5 Å². The van der Waals surface area contributed by atoms with Crippen LogP contribution in [0.1, 0.15) is 5.56 Å². The smallest absolute Gasteiger partial charge is 0.342 e. The second kappa shape index (κ2) is 7.83. The monoisotopic (exact) mass is 406 g/mol. The number of carbonyl (C=O) groups excluding carboxylic acids is 2. The summed E-state index contributed by atoms with van der Waals surface area (Å²) in [6, 6.07) is 6.34. The van der Waals surface area contributed by atoms with Crippen LogP contribution < -0.4 is 5.32 Å². The lowest BCUT2D eigenvalue weighted by Gasteiger charge is -2.35. The molecule has 0 spiro atoms. The molecule has 2 rings (SSSR count). The van der Waals surface area contributed by atoms with Gasteiger partial charge in [-0.05, 0) is 17.9 Å². The normalized spacial score (nSPS) is 17.3. The van der Waals surface area contributed by atoms with Gasteiger partial charge in [0.25, 0.3) is 5.91 Å². The predicted octanol–water partition coefficient (Wildman–Crippen LogP) is 1.10. The number of rotatable bonds is 5. The van der Waals surface area contributed by atoms with E-state index >= 15 is 0 Å². The first-order valence-electron chi connectivity index (χ1n) is 6.64. The number of nitrogens with one attached hydrogen (secondary N) is 1. The summed E-state index contributed by atoms with van der Waals surface area (Å²) in [5.41, 5.74) is 0.759. The summed E-state index contributed by atoms with van der Waals surface area (Å²) in [7, 11) is -4.55. The highest BCUT2D eigenvalue weighted by Crippen LogP contribution is 2.28. The van der Waals surface area contributed by atoms with Crippen LogP contribution in [0, 0.1) is 0 Å². The fourth-order valence-electron chi connectivity index (χ4n) is 2.01. The Hall–Kier alpha value is -1.14. The quantitative estimate of drug-likeness (QED) is 0.324. The molecule has 1 atom stereocenters. The zero-order chi connectivity index (χ0) is 17.9. The summed E-state index contributed by atoms with van der Waals surface area (Å²) < 4.78 is 31.5. The van der Waals surface area contributed by atoms with Gasteiger partial charge in [-0.3, -0.25) is 14.1 Å². The van der Waals surface area contributed by atoms with Gasteiger partial charge in [0, 0.05) is 4.90 Å². The highest BCUT2D eigenvalue weighted by molar-refractivity contribution is 8.47. The van der Waals surface area contributed by atoms with Gasteiger partial charge in [0.05, 0.1) is 13.0 Å². The molecule has 7 nitrogen and oxygen atoms in total. The van der Waals surface area contributed by atoms with Gasteiger partial charge in [-0.2, -0.15) is 8.42 Å². The van der Waals surface area contributed by atoms with E-state index in [1.165, 1.54) is 23.5 Å². The number of nitrogens with zero attached hydrogens (tertiary/aromatic N) is 1. The summed E-state index contributed by atoms with van der Waals surface area (Å²) in [5, 5.41) is 2.46. The van der Waals surface area contributed by atoms with Crippen molar-refractivity contribution in [2.45, 2.75) is 17.4 Å². The third-order valence-corrected chi connectivity index (χ3v) is 6.69. The lowest BCUT2D eigenvalue weighted by molar-refractivity contribution is -0.140. The Bertz CT molecular complexity index is 780. The van der Waals surface area contributed by atoms with Crippen LogP contribution in [0.15, 0.2) is 29.2 Å². The van der Waals surface area contributed by atoms with E-state index in [0.29, 0.717) is 4.31 Å². The summed E-state index contributed by atoms with van der Waals surface area (Å²) in [4.78, 5) is 24.5. The van der Waals surface area contributed by atoms with Crippen LogP contribution in [0.4, 0.5) is 0 Å². The molecule has 1 aliphatic heterocycles. The Morgan fingerprint density at radius 3 is 2.71 bits per heavy atom. The molecule has 1 fully saturated rings. The number of β-lactam (4-membered cyclic amide) rings is 1. The van der Waals surface area contributed by atoms with Gasteiger partial charge in [-0.1, -0.05) is 42.2 Å². The number of carbonyl (C=O) groups is 2. The first kappa shape index (κ1) is 19.2. The Morgan fingerprint density at radius 2 is 2.12 bits per heavy atom. The van der Waals surface area contributed by atoms with E-state index < -0.39 is 28.2 Å². The average Bonchev–Trinajstić information content (AvgIpc) is 2.51. The van der Waals surface area contributed by atoms with Crippen LogP contribution in [-0.2, 0) is 26.3 Å². The molecule has 1 aromatic rings. The number of hydrogen-bond acceptors (Lipinski definition) is 7. The first-order valence-corrected chi connectivity index (χ1v) is 10.5. The van der Waals surface area contributed by atoms with Crippen LogP contribution in [0.5, 0.6) is 0 Å². The predicted molar refractivity (Wildman–Crippen MR) is 97.3 cm³/mol. The van der Waals surface area contributed by atoms with Crippen molar-refractivity contribution in [3.8, 4) is 0 Å². The maximum atomic E-state index is 12.1. The molecule has 1 heterocycles. The van der Waals surface area contributed by atoms with Crippen molar-refractivity contribution in [2.24, 2.45) is 0 Å². The number of hydrogen-bond donors (Lipinski definition) is 2. The number of thioether (sulfide) groups is 2. The van der Waals surface area contributed by atoms with Crippen molar-refractivity contribution < 1.29 is 22.6 Å². The van der Waals surface area contributed by atoms with Gasteiger partial charge >= 0.3 is 10.3 Å². The van der Waals surface area contributed by atoms with Crippen LogP contribution in [0.2, 0.25) is 0 Å². The van der Waals surface area contributed by atoms with E-state index in [9.17, 15) is 18.0 Å². The SMILES string of the molecule is CSC(=S)Sc1ccccc1CC(=O)NC1CN(S(=O)(=O)O)C1=O. The third kappa shape index (κ3) is 4.70. The van der Waals surface area contributed by atoms with E-state index in [1.807, 2.05) is 18.4 Å². The minimum absolute atomic E-state index is 0.0375. The molecular weight excluding hydrogens is 392 g/mol. The molecule has 130 valence electrons. The number of amides is 2.